The highest BCUT2D eigenvalue weighted by atomic mass is 16.3. The van der Waals surface area contributed by atoms with Crippen molar-refractivity contribution < 1.29 is 24.3 Å². The molecule has 0 aliphatic heterocycles. The lowest BCUT2D eigenvalue weighted by molar-refractivity contribution is -0.151. The fourth-order valence-electron chi connectivity index (χ4n) is 6.60. The Kier molecular flexibility index (Phi) is 4.49. The summed E-state index contributed by atoms with van der Waals surface area (Å²) in [4.78, 5) is 54.0. The number of allylic oxidation sites excluding steroid dienone is 4. The molecule has 30 heavy (non-hydrogen) atoms. The van der Waals surface area contributed by atoms with Crippen LogP contribution in [0.4, 0.5) is 0 Å². The minimum atomic E-state index is -1.25. The van der Waals surface area contributed by atoms with Gasteiger partial charge in [0.1, 0.15) is 12.4 Å². The highest BCUT2D eigenvalue weighted by Crippen LogP contribution is 2.65. The van der Waals surface area contributed by atoms with Crippen LogP contribution in [-0.4, -0.2) is 34.8 Å². The van der Waals surface area contributed by atoms with Gasteiger partial charge < -0.3 is 5.11 Å². The molecule has 0 radical (unpaired) electrons. The lowest BCUT2D eigenvalue weighted by Crippen LogP contribution is -2.57. The maximum Gasteiger partial charge on any atom is 0.165 e. The van der Waals surface area contributed by atoms with Crippen molar-refractivity contribution in [1.82, 2.24) is 0 Å². The molecule has 4 aliphatic carbocycles. The van der Waals surface area contributed by atoms with E-state index in [-0.39, 0.29) is 47.6 Å². The van der Waals surface area contributed by atoms with Gasteiger partial charge in [0.2, 0.25) is 0 Å². The van der Waals surface area contributed by atoms with Gasteiger partial charge in [0.25, 0.3) is 0 Å². The molecule has 4 rings (SSSR count). The van der Waals surface area contributed by atoms with Crippen molar-refractivity contribution in [3.8, 4) is 0 Å². The third kappa shape index (κ3) is 2.47. The van der Waals surface area contributed by atoms with E-state index >= 15 is 0 Å². The minimum absolute atomic E-state index is 0.0864. The Labute approximate surface area is 173 Å². The topological polar surface area (TPSA) is 137 Å². The summed E-state index contributed by atoms with van der Waals surface area (Å²) >= 11 is 0. The molecule has 0 unspecified atom stereocenters. The molecule has 0 bridgehead atoms. The molecule has 1 N–H and O–H groups in total. The normalized spacial score (nSPS) is 40.0. The summed E-state index contributed by atoms with van der Waals surface area (Å²) in [6.07, 6.45) is 3.29. The summed E-state index contributed by atoms with van der Waals surface area (Å²) < 4.78 is 0. The fourth-order valence-corrected chi connectivity index (χ4v) is 6.60. The van der Waals surface area contributed by atoms with Crippen LogP contribution in [0.1, 0.15) is 33.1 Å². The largest absolute Gasteiger partial charge is 0.389 e. The molecule has 0 heterocycles. The van der Waals surface area contributed by atoms with Gasteiger partial charge in [-0.15, -0.1) is 0 Å². The van der Waals surface area contributed by atoms with E-state index in [2.05, 4.69) is 16.6 Å². The van der Waals surface area contributed by atoms with Crippen LogP contribution >= 0.6 is 0 Å². The molecule has 8 nitrogen and oxygen atoms in total. The van der Waals surface area contributed by atoms with E-state index in [9.17, 15) is 24.3 Å². The fraction of sp³-hybridized carbons (Fsp3) is 0.545. The number of hydrogen-bond acceptors (Lipinski definition) is 6. The SMILES string of the molecule is C=C1C[C@H]2[C@@H]3C=C(N=[N+]=[N-])C4=CC(=O)CC(=O)[C@]4(C)[C@H]3C(=O)C[C@]2(C)[C@H]1C(=O)CO. The first-order valence-corrected chi connectivity index (χ1v) is 9.99. The maximum absolute atomic E-state index is 13.5. The monoisotopic (exact) mass is 409 g/mol. The molecule has 0 aromatic rings. The predicted molar refractivity (Wildman–Crippen MR) is 106 cm³/mol. The molecule has 6 atom stereocenters. The molecule has 0 aromatic heterocycles. The Hall–Kier alpha value is -2.83. The summed E-state index contributed by atoms with van der Waals surface area (Å²) in [5, 5.41) is 13.2. The van der Waals surface area contributed by atoms with Crippen LogP contribution in [0.2, 0.25) is 0 Å². The van der Waals surface area contributed by atoms with Crippen LogP contribution in [0.3, 0.4) is 0 Å². The molecule has 4 aliphatic rings. The second kappa shape index (κ2) is 6.59. The Bertz CT molecular complexity index is 1030. The first kappa shape index (κ1) is 20.4. The number of aliphatic hydroxyl groups excluding tert-OH is 1. The van der Waals surface area contributed by atoms with Crippen molar-refractivity contribution in [1.29, 1.82) is 0 Å². The molecule has 0 spiro atoms. The third-order valence-corrected chi connectivity index (χ3v) is 7.81. The zero-order chi connectivity index (χ0) is 22.0. The van der Waals surface area contributed by atoms with E-state index in [1.54, 1.807) is 13.0 Å². The van der Waals surface area contributed by atoms with E-state index in [4.69, 9.17) is 5.53 Å². The first-order valence-electron chi connectivity index (χ1n) is 9.99. The summed E-state index contributed by atoms with van der Waals surface area (Å²) in [6.45, 7) is 6.94. The van der Waals surface area contributed by atoms with Gasteiger partial charge in [0, 0.05) is 28.9 Å². The number of rotatable bonds is 3. The summed E-state index contributed by atoms with van der Waals surface area (Å²) in [6, 6.07) is 0. The van der Waals surface area contributed by atoms with Crippen molar-refractivity contribution in [2.75, 3.05) is 6.61 Å². The average molecular weight is 409 g/mol. The number of aliphatic hydroxyl groups is 1. The Morgan fingerprint density at radius 1 is 1.37 bits per heavy atom. The van der Waals surface area contributed by atoms with E-state index in [0.717, 1.165) is 0 Å². The predicted octanol–water partition coefficient (Wildman–Crippen LogP) is 2.63. The standard InChI is InChI=1S/C22H23N3O5/c1-10-4-13-12-7-15(24-25-23)14-5-11(27)6-18(30)22(14,3)20(12)16(28)8-21(13,2)19(10)17(29)9-26/h5,7,12-13,19-20,26H,1,4,6,8-9H2,2-3H3/t12-,13-,19+,20+,21-,22+/m0/s1. The van der Waals surface area contributed by atoms with Crippen LogP contribution in [0.25, 0.3) is 10.4 Å². The minimum Gasteiger partial charge on any atom is -0.389 e. The second-order valence-corrected chi connectivity index (χ2v) is 9.30. The zero-order valence-electron chi connectivity index (χ0n) is 16.9. The zero-order valence-corrected chi connectivity index (χ0v) is 16.9. The second-order valence-electron chi connectivity index (χ2n) is 9.30. The van der Waals surface area contributed by atoms with Crippen LogP contribution in [0.15, 0.2) is 40.7 Å². The van der Waals surface area contributed by atoms with Crippen molar-refractivity contribution >= 4 is 23.1 Å². The lowest BCUT2D eigenvalue weighted by Gasteiger charge is -2.54. The highest BCUT2D eigenvalue weighted by molar-refractivity contribution is 6.13. The van der Waals surface area contributed by atoms with Gasteiger partial charge in [-0.2, -0.15) is 0 Å². The Morgan fingerprint density at radius 2 is 2.07 bits per heavy atom. The molecule has 8 heteroatoms. The highest BCUT2D eigenvalue weighted by Gasteiger charge is 2.65. The van der Waals surface area contributed by atoms with Crippen molar-refractivity contribution in [2.24, 2.45) is 39.6 Å². The van der Waals surface area contributed by atoms with Crippen LogP contribution in [0.5, 0.6) is 0 Å². The van der Waals surface area contributed by atoms with E-state index in [0.29, 0.717) is 17.6 Å². The number of azide groups is 1. The number of fused-ring (bicyclic) bond motifs is 5. The van der Waals surface area contributed by atoms with Crippen LogP contribution < -0.4 is 0 Å². The smallest absolute Gasteiger partial charge is 0.165 e. The van der Waals surface area contributed by atoms with E-state index < -0.39 is 35.2 Å². The molecular formula is C22H23N3O5. The number of ketones is 4. The molecule has 2 saturated carbocycles. The molecular weight excluding hydrogens is 386 g/mol. The van der Waals surface area contributed by atoms with Gasteiger partial charge in [-0.25, -0.2) is 0 Å². The lowest BCUT2D eigenvalue weighted by atomic mass is 9.47. The summed E-state index contributed by atoms with van der Waals surface area (Å²) in [7, 11) is 0. The number of carbonyl (C=O) groups excluding carboxylic acids is 4. The molecule has 156 valence electrons. The van der Waals surface area contributed by atoms with Crippen LogP contribution in [0, 0.1) is 34.5 Å². The summed E-state index contributed by atoms with van der Waals surface area (Å²) in [5.74, 6) is -3.20. The molecule has 2 fully saturated rings. The molecule has 0 amide bonds. The van der Waals surface area contributed by atoms with E-state index in [1.165, 1.54) is 6.08 Å². The van der Waals surface area contributed by atoms with Gasteiger partial charge >= 0.3 is 0 Å². The Morgan fingerprint density at radius 3 is 2.70 bits per heavy atom. The van der Waals surface area contributed by atoms with Crippen molar-refractivity contribution in [2.45, 2.75) is 33.1 Å². The molecule has 0 aromatic carbocycles. The van der Waals surface area contributed by atoms with Gasteiger partial charge in [-0.05, 0) is 47.8 Å². The maximum atomic E-state index is 13.5. The number of nitrogens with zero attached hydrogens (tertiary/aromatic N) is 3. The van der Waals surface area contributed by atoms with Gasteiger partial charge in [-0.1, -0.05) is 30.3 Å². The number of Topliss-reactive ketones (excluding diaryl/α,β-unsaturated/α-hetero) is 3. The summed E-state index contributed by atoms with van der Waals surface area (Å²) in [5.41, 5.74) is 8.25. The van der Waals surface area contributed by atoms with Gasteiger partial charge in [0.05, 0.1) is 11.8 Å². The number of hydrogen-bond donors (Lipinski definition) is 1. The molecule has 0 saturated heterocycles. The average Bonchev–Trinajstić information content (AvgIpc) is 2.93. The Balaban J connectivity index is 1.93. The van der Waals surface area contributed by atoms with Crippen molar-refractivity contribution in [3.63, 3.8) is 0 Å². The number of carbonyl (C=O) groups is 4. The third-order valence-electron chi connectivity index (χ3n) is 7.81. The first-order chi connectivity index (χ1) is 14.1. The van der Waals surface area contributed by atoms with Gasteiger partial charge in [0.15, 0.2) is 17.3 Å². The van der Waals surface area contributed by atoms with E-state index in [1.807, 2.05) is 6.92 Å². The van der Waals surface area contributed by atoms with Crippen LogP contribution in [-0.2, 0) is 19.2 Å². The van der Waals surface area contributed by atoms with Gasteiger partial charge in [-0.3, -0.25) is 19.2 Å². The van der Waals surface area contributed by atoms with Crippen molar-refractivity contribution in [3.05, 3.63) is 46.0 Å². The quantitative estimate of drug-likeness (QED) is 0.251.